The first kappa shape index (κ1) is 28.8. The van der Waals surface area contributed by atoms with Crippen LogP contribution in [-0.4, -0.2) is 38.1 Å². The maximum Gasteiger partial charge on any atom is 0.345 e. The van der Waals surface area contributed by atoms with Gasteiger partial charge in [-0.1, -0.05) is 54.1 Å². The Morgan fingerprint density at radius 3 is 2.10 bits per heavy atom. The van der Waals surface area contributed by atoms with Crippen LogP contribution >= 0.6 is 11.6 Å². The molecule has 0 aliphatic rings. The standard InChI is InChI=1S/C32H27ClN4O4/c1-37(2)25-16-12-22(13-17-25)20-29(35-30(38)24-8-4-3-5-9-24)31(39)36-34-21-23-14-18-26(19-15-23)41-32(40)27-10-6-7-11-28(27)33/h3-21H,1-2H3,(H,35,38)(H,36,39). The number of anilines is 1. The van der Waals surface area contributed by atoms with Crippen molar-refractivity contribution in [2.75, 3.05) is 19.0 Å². The molecular formula is C32H27ClN4O4. The van der Waals surface area contributed by atoms with E-state index in [0.717, 1.165) is 11.3 Å². The highest BCUT2D eigenvalue weighted by atomic mass is 35.5. The Balaban J connectivity index is 1.44. The molecule has 0 unspecified atom stereocenters. The van der Waals surface area contributed by atoms with Crippen LogP contribution in [0.4, 0.5) is 5.69 Å². The highest BCUT2D eigenvalue weighted by molar-refractivity contribution is 6.33. The minimum Gasteiger partial charge on any atom is -0.423 e. The quantitative estimate of drug-likeness (QED) is 0.0910. The van der Waals surface area contributed by atoms with Gasteiger partial charge in [0.25, 0.3) is 11.8 Å². The van der Waals surface area contributed by atoms with Gasteiger partial charge in [0.05, 0.1) is 16.8 Å². The molecule has 2 amide bonds. The molecule has 0 aliphatic carbocycles. The van der Waals surface area contributed by atoms with E-state index in [4.69, 9.17) is 16.3 Å². The maximum absolute atomic E-state index is 13.0. The van der Waals surface area contributed by atoms with Crippen molar-refractivity contribution >= 4 is 47.4 Å². The number of esters is 1. The maximum atomic E-state index is 13.0. The van der Waals surface area contributed by atoms with E-state index in [1.54, 1.807) is 84.9 Å². The molecule has 0 saturated carbocycles. The van der Waals surface area contributed by atoms with E-state index in [9.17, 15) is 14.4 Å². The number of halogens is 1. The van der Waals surface area contributed by atoms with Crippen molar-refractivity contribution in [3.05, 3.63) is 136 Å². The fraction of sp³-hybridized carbons (Fsp3) is 0.0625. The average Bonchev–Trinajstić information content (AvgIpc) is 2.98. The van der Waals surface area contributed by atoms with Crippen molar-refractivity contribution in [3.8, 4) is 5.75 Å². The number of carbonyl (C=O) groups is 3. The van der Waals surface area contributed by atoms with Crippen molar-refractivity contribution in [2.24, 2.45) is 5.10 Å². The molecule has 0 bridgehead atoms. The first-order valence-corrected chi connectivity index (χ1v) is 12.9. The summed E-state index contributed by atoms with van der Waals surface area (Å²) in [6.07, 6.45) is 3.01. The smallest absolute Gasteiger partial charge is 0.345 e. The minimum absolute atomic E-state index is 0.0236. The predicted molar refractivity (Wildman–Crippen MR) is 161 cm³/mol. The molecule has 41 heavy (non-hydrogen) atoms. The Hall–Kier alpha value is -5.21. The zero-order chi connectivity index (χ0) is 29.2. The number of amides is 2. The van der Waals surface area contributed by atoms with Crippen LogP contribution in [0.1, 0.15) is 31.8 Å². The molecule has 0 saturated heterocycles. The summed E-state index contributed by atoms with van der Waals surface area (Å²) in [5.74, 6) is -1.28. The summed E-state index contributed by atoms with van der Waals surface area (Å²) in [4.78, 5) is 40.1. The van der Waals surface area contributed by atoms with Gasteiger partial charge < -0.3 is 15.0 Å². The van der Waals surface area contributed by atoms with E-state index in [-0.39, 0.29) is 11.3 Å². The van der Waals surface area contributed by atoms with Gasteiger partial charge in [-0.2, -0.15) is 5.10 Å². The van der Waals surface area contributed by atoms with Crippen molar-refractivity contribution in [3.63, 3.8) is 0 Å². The van der Waals surface area contributed by atoms with Gasteiger partial charge in [-0.15, -0.1) is 0 Å². The molecule has 0 fully saturated rings. The summed E-state index contributed by atoms with van der Waals surface area (Å²) in [5.41, 5.74) is 5.51. The minimum atomic E-state index is -0.604. The second-order valence-electron chi connectivity index (χ2n) is 9.00. The Labute approximate surface area is 242 Å². The van der Waals surface area contributed by atoms with Crippen molar-refractivity contribution < 1.29 is 19.1 Å². The van der Waals surface area contributed by atoms with Crippen LogP contribution in [0, 0.1) is 0 Å². The van der Waals surface area contributed by atoms with Crippen LogP contribution in [0.3, 0.4) is 0 Å². The third kappa shape index (κ3) is 8.14. The van der Waals surface area contributed by atoms with E-state index in [0.29, 0.717) is 21.9 Å². The zero-order valence-electron chi connectivity index (χ0n) is 22.4. The van der Waals surface area contributed by atoms with Gasteiger partial charge in [0.2, 0.25) is 0 Å². The molecule has 0 atom stereocenters. The second-order valence-corrected chi connectivity index (χ2v) is 9.41. The first-order valence-electron chi connectivity index (χ1n) is 12.6. The van der Waals surface area contributed by atoms with Crippen molar-refractivity contribution in [2.45, 2.75) is 0 Å². The number of nitrogens with zero attached hydrogens (tertiary/aromatic N) is 2. The summed E-state index contributed by atoms with van der Waals surface area (Å²) >= 11 is 6.06. The average molecular weight is 567 g/mol. The zero-order valence-corrected chi connectivity index (χ0v) is 23.1. The van der Waals surface area contributed by atoms with Gasteiger partial charge in [0, 0.05) is 25.3 Å². The lowest BCUT2D eigenvalue weighted by Crippen LogP contribution is -2.32. The Morgan fingerprint density at radius 1 is 0.805 bits per heavy atom. The van der Waals surface area contributed by atoms with E-state index in [2.05, 4.69) is 15.8 Å². The molecule has 8 nitrogen and oxygen atoms in total. The summed E-state index contributed by atoms with van der Waals surface area (Å²) in [5, 5.41) is 7.00. The van der Waals surface area contributed by atoms with Gasteiger partial charge in [0.15, 0.2) is 0 Å². The number of ether oxygens (including phenoxy) is 1. The van der Waals surface area contributed by atoms with Crippen LogP contribution in [0.25, 0.3) is 6.08 Å². The molecule has 2 N–H and O–H groups in total. The monoisotopic (exact) mass is 566 g/mol. The van der Waals surface area contributed by atoms with Gasteiger partial charge in [-0.25, -0.2) is 10.2 Å². The van der Waals surface area contributed by atoms with Crippen LogP contribution < -0.4 is 20.4 Å². The Bertz CT molecular complexity index is 1580. The summed E-state index contributed by atoms with van der Waals surface area (Å²) in [6.45, 7) is 0. The number of benzene rings is 4. The molecule has 0 spiro atoms. The third-order valence-electron chi connectivity index (χ3n) is 5.81. The fourth-order valence-corrected chi connectivity index (χ4v) is 3.83. The van der Waals surface area contributed by atoms with Crippen LogP contribution in [0.15, 0.2) is 114 Å². The Morgan fingerprint density at radius 2 is 1.44 bits per heavy atom. The lowest BCUT2D eigenvalue weighted by atomic mass is 10.1. The third-order valence-corrected chi connectivity index (χ3v) is 6.14. The molecule has 4 aromatic rings. The van der Waals surface area contributed by atoms with Crippen LogP contribution in [-0.2, 0) is 4.79 Å². The molecular weight excluding hydrogens is 540 g/mol. The summed E-state index contributed by atoms with van der Waals surface area (Å²) in [7, 11) is 3.87. The molecule has 0 radical (unpaired) electrons. The normalized spacial score (nSPS) is 11.1. The van der Waals surface area contributed by atoms with Crippen LogP contribution in [0.5, 0.6) is 5.75 Å². The molecule has 0 aromatic heterocycles. The molecule has 206 valence electrons. The SMILES string of the molecule is CN(C)c1ccc(C=C(NC(=O)c2ccccc2)C(=O)NN=Cc2ccc(OC(=O)c3ccccc3Cl)cc2)cc1. The fourth-order valence-electron chi connectivity index (χ4n) is 3.61. The van der Waals surface area contributed by atoms with Crippen LogP contribution in [0.2, 0.25) is 5.02 Å². The summed E-state index contributed by atoms with van der Waals surface area (Å²) < 4.78 is 5.37. The highest BCUT2D eigenvalue weighted by Gasteiger charge is 2.15. The van der Waals surface area contributed by atoms with E-state index >= 15 is 0 Å². The van der Waals surface area contributed by atoms with E-state index in [1.165, 1.54) is 6.21 Å². The van der Waals surface area contributed by atoms with Gasteiger partial charge in [0.1, 0.15) is 11.4 Å². The topological polar surface area (TPSA) is 100 Å². The lowest BCUT2D eigenvalue weighted by Gasteiger charge is -2.12. The Kier molecular flexibility index (Phi) is 9.64. The molecule has 0 heterocycles. The highest BCUT2D eigenvalue weighted by Crippen LogP contribution is 2.19. The molecule has 0 aliphatic heterocycles. The molecule has 9 heteroatoms. The summed E-state index contributed by atoms with van der Waals surface area (Å²) in [6, 6.07) is 29.3. The molecule has 4 aromatic carbocycles. The number of hydrazone groups is 1. The van der Waals surface area contributed by atoms with Gasteiger partial charge >= 0.3 is 5.97 Å². The first-order chi connectivity index (χ1) is 19.8. The number of rotatable bonds is 9. The lowest BCUT2D eigenvalue weighted by molar-refractivity contribution is -0.117. The van der Waals surface area contributed by atoms with Crippen molar-refractivity contribution in [1.82, 2.24) is 10.7 Å². The van der Waals surface area contributed by atoms with Crippen molar-refractivity contribution in [1.29, 1.82) is 0 Å². The van der Waals surface area contributed by atoms with E-state index < -0.39 is 17.8 Å². The number of carbonyl (C=O) groups excluding carboxylic acids is 3. The number of hydrogen-bond acceptors (Lipinski definition) is 6. The van der Waals surface area contributed by atoms with Gasteiger partial charge in [-0.3, -0.25) is 9.59 Å². The predicted octanol–water partition coefficient (Wildman–Crippen LogP) is 5.55. The number of hydrogen-bond donors (Lipinski definition) is 2. The molecule has 4 rings (SSSR count). The second kappa shape index (κ2) is 13.7. The largest absolute Gasteiger partial charge is 0.423 e. The van der Waals surface area contributed by atoms with E-state index in [1.807, 2.05) is 43.3 Å². The number of nitrogens with one attached hydrogen (secondary N) is 2. The van der Waals surface area contributed by atoms with Gasteiger partial charge in [-0.05, 0) is 77.9 Å².